The van der Waals surface area contributed by atoms with Gasteiger partial charge in [0.25, 0.3) is 0 Å². The lowest BCUT2D eigenvalue weighted by Gasteiger charge is -2.20. The summed E-state index contributed by atoms with van der Waals surface area (Å²) in [5.41, 5.74) is 0. The van der Waals surface area contributed by atoms with E-state index >= 15 is 0 Å². The second-order valence-electron chi connectivity index (χ2n) is 3.28. The summed E-state index contributed by atoms with van der Waals surface area (Å²) < 4.78 is 20.5. The number of hydrogen-bond donors (Lipinski definition) is 1. The van der Waals surface area contributed by atoms with Crippen LogP contribution in [0.1, 0.15) is 6.92 Å². The Hall–Kier alpha value is -0.580. The Balaban J connectivity index is 1.97. The maximum absolute atomic E-state index is 12.3. The third-order valence-corrected chi connectivity index (χ3v) is 4.93. The summed E-state index contributed by atoms with van der Waals surface area (Å²) in [6.07, 6.45) is -0.588. The van der Waals surface area contributed by atoms with Crippen LogP contribution in [0.5, 0.6) is 0 Å². The van der Waals surface area contributed by atoms with Gasteiger partial charge in [0.2, 0.25) is 0 Å². The van der Waals surface area contributed by atoms with Gasteiger partial charge in [-0.15, -0.1) is 0 Å². The molecule has 0 unspecified atom stereocenters. The quantitative estimate of drug-likeness (QED) is 0.550. The van der Waals surface area contributed by atoms with Crippen LogP contribution in [-0.2, 0) is 9.30 Å². The molecule has 2 aliphatic rings. The summed E-state index contributed by atoms with van der Waals surface area (Å²) >= 11 is 0. The van der Waals surface area contributed by atoms with Crippen LogP contribution in [0, 0.1) is 0 Å². The number of rotatable bonds is 4. The van der Waals surface area contributed by atoms with E-state index in [0.29, 0.717) is 6.61 Å². The molecule has 1 N–H and O–H groups in total. The van der Waals surface area contributed by atoms with Crippen molar-refractivity contribution in [3.63, 3.8) is 0 Å². The highest BCUT2D eigenvalue weighted by molar-refractivity contribution is 7.58. The first kappa shape index (κ1) is 9.96. The van der Waals surface area contributed by atoms with Gasteiger partial charge >= 0.3 is 13.7 Å². The van der Waals surface area contributed by atoms with Crippen LogP contribution in [0.3, 0.4) is 0 Å². The minimum absolute atomic E-state index is 0.297. The molecule has 1 amide bonds. The smallest absolute Gasteiger partial charge is 0.414 e. The Morgan fingerprint density at radius 1 is 1.36 bits per heavy atom. The average molecular weight is 219 g/mol. The van der Waals surface area contributed by atoms with Crippen LogP contribution < -0.4 is 5.09 Å². The topological polar surface area (TPSA) is 61.4 Å². The summed E-state index contributed by atoms with van der Waals surface area (Å²) in [4.78, 5) is 11.2. The monoisotopic (exact) mass is 219 g/mol. The molecule has 0 aromatic carbocycles. The molecule has 0 saturated carbocycles. The highest BCUT2D eigenvalue weighted by atomic mass is 31.2. The highest BCUT2D eigenvalue weighted by Gasteiger charge is 2.49. The number of ether oxygens (including phenoxy) is 1. The molecule has 7 heteroatoms. The average Bonchev–Trinajstić information content (AvgIpc) is 2.98. The molecule has 0 spiro atoms. The first-order chi connectivity index (χ1) is 6.66. The zero-order valence-electron chi connectivity index (χ0n) is 8.10. The molecule has 0 bridgehead atoms. The molecule has 6 nitrogen and oxygen atoms in total. The number of nitrogens with zero attached hydrogens (tertiary/aromatic N) is 2. The van der Waals surface area contributed by atoms with Gasteiger partial charge in [-0.3, -0.25) is 4.57 Å². The molecule has 0 aromatic heterocycles. The maximum atomic E-state index is 12.3. The lowest BCUT2D eigenvalue weighted by atomic mass is 10.9. The van der Waals surface area contributed by atoms with Crippen LogP contribution in [0.25, 0.3) is 0 Å². The van der Waals surface area contributed by atoms with Crippen LogP contribution in [0.4, 0.5) is 4.79 Å². The van der Waals surface area contributed by atoms with Gasteiger partial charge in [-0.25, -0.2) is 19.2 Å². The van der Waals surface area contributed by atoms with E-state index in [-0.39, 0.29) is 0 Å². The summed E-state index contributed by atoms with van der Waals surface area (Å²) in [5.74, 6) is 0. The molecule has 80 valence electrons. The van der Waals surface area contributed by atoms with Gasteiger partial charge in [0, 0.05) is 26.2 Å². The fraction of sp³-hybridized carbons (Fsp3) is 0.857. The Morgan fingerprint density at radius 2 is 1.86 bits per heavy atom. The SMILES string of the molecule is CCOC(=O)NP(=O)(N1CC1)N1CC1. The standard InChI is InChI=1S/C7H14N3O3P/c1-2-13-7(11)8-14(12,9-3-4-9)10-5-6-10/h2-6H2,1H3,(H,8,11,12). The third-order valence-electron chi connectivity index (χ3n) is 2.13. The number of hydrogen-bond acceptors (Lipinski definition) is 3. The van der Waals surface area contributed by atoms with Crippen molar-refractivity contribution in [1.29, 1.82) is 0 Å². The fourth-order valence-corrected chi connectivity index (χ4v) is 3.44. The second kappa shape index (κ2) is 3.53. The molecule has 2 aliphatic heterocycles. The molecule has 14 heavy (non-hydrogen) atoms. The Morgan fingerprint density at radius 3 is 2.21 bits per heavy atom. The molecule has 2 rings (SSSR count). The molecule has 0 aliphatic carbocycles. The highest BCUT2D eigenvalue weighted by Crippen LogP contribution is 2.56. The van der Waals surface area contributed by atoms with Gasteiger partial charge in [0.05, 0.1) is 6.61 Å². The van der Waals surface area contributed by atoms with Crippen LogP contribution in [-0.4, -0.2) is 48.2 Å². The number of carbonyl (C=O) groups is 1. The molecule has 2 heterocycles. The van der Waals surface area contributed by atoms with Gasteiger partial charge in [0.1, 0.15) is 0 Å². The fourth-order valence-electron chi connectivity index (χ4n) is 1.23. The van der Waals surface area contributed by atoms with E-state index in [1.807, 2.05) is 0 Å². The first-order valence-electron chi connectivity index (χ1n) is 4.73. The Bertz CT molecular complexity index is 272. The van der Waals surface area contributed by atoms with E-state index < -0.39 is 13.7 Å². The molecule has 0 aromatic rings. The van der Waals surface area contributed by atoms with E-state index in [2.05, 4.69) is 5.09 Å². The molecule has 0 radical (unpaired) electrons. The minimum atomic E-state index is -2.78. The van der Waals surface area contributed by atoms with Crippen LogP contribution in [0.2, 0.25) is 0 Å². The van der Waals surface area contributed by atoms with Crippen molar-refractivity contribution in [1.82, 2.24) is 14.4 Å². The molecular weight excluding hydrogens is 205 g/mol. The third kappa shape index (κ3) is 1.92. The summed E-state index contributed by atoms with van der Waals surface area (Å²) in [5, 5.41) is 2.46. The van der Waals surface area contributed by atoms with E-state index in [9.17, 15) is 9.36 Å². The van der Waals surface area contributed by atoms with Crippen molar-refractivity contribution < 1.29 is 14.1 Å². The lowest BCUT2D eigenvalue weighted by molar-refractivity contribution is 0.157. The summed E-state index contributed by atoms with van der Waals surface area (Å²) in [6, 6.07) is 0. The van der Waals surface area contributed by atoms with Crippen molar-refractivity contribution in [3.05, 3.63) is 0 Å². The van der Waals surface area contributed by atoms with E-state index in [1.54, 1.807) is 16.3 Å². The van der Waals surface area contributed by atoms with Crippen molar-refractivity contribution >= 4 is 13.7 Å². The zero-order valence-corrected chi connectivity index (χ0v) is 9.00. The number of amides is 1. The second-order valence-corrected chi connectivity index (χ2v) is 5.73. The van der Waals surface area contributed by atoms with Crippen LogP contribution >= 0.6 is 7.59 Å². The van der Waals surface area contributed by atoms with Gasteiger partial charge in [-0.1, -0.05) is 0 Å². The maximum Gasteiger partial charge on any atom is 0.414 e. The van der Waals surface area contributed by atoms with Crippen molar-refractivity contribution in [3.8, 4) is 0 Å². The molecule has 2 saturated heterocycles. The number of carbonyl (C=O) groups excluding carboxylic acids is 1. The predicted molar refractivity (Wildman–Crippen MR) is 50.9 cm³/mol. The van der Waals surface area contributed by atoms with E-state index in [1.165, 1.54) is 0 Å². The first-order valence-corrected chi connectivity index (χ1v) is 6.34. The normalized spacial score (nSPS) is 21.8. The van der Waals surface area contributed by atoms with Crippen molar-refractivity contribution in [2.75, 3.05) is 32.8 Å². The predicted octanol–water partition coefficient (Wildman–Crippen LogP) is 0.472. The number of nitrogens with one attached hydrogen (secondary N) is 1. The van der Waals surface area contributed by atoms with Gasteiger partial charge < -0.3 is 4.74 Å². The Labute approximate surface area is 82.7 Å². The molecule has 2 fully saturated rings. The zero-order chi connectivity index (χ0) is 10.2. The minimum Gasteiger partial charge on any atom is -0.450 e. The van der Waals surface area contributed by atoms with Gasteiger partial charge in [0.15, 0.2) is 0 Å². The largest absolute Gasteiger partial charge is 0.450 e. The summed E-state index contributed by atoms with van der Waals surface area (Å²) in [7, 11) is -2.78. The van der Waals surface area contributed by atoms with Crippen molar-refractivity contribution in [2.45, 2.75) is 6.92 Å². The Kier molecular flexibility index (Phi) is 2.51. The van der Waals surface area contributed by atoms with Gasteiger partial charge in [-0.05, 0) is 6.92 Å². The molecule has 0 atom stereocenters. The van der Waals surface area contributed by atoms with Gasteiger partial charge in [-0.2, -0.15) is 0 Å². The van der Waals surface area contributed by atoms with E-state index in [4.69, 9.17) is 4.74 Å². The molecular formula is C7H14N3O3P. The summed E-state index contributed by atoms with van der Waals surface area (Å²) in [6.45, 7) is 5.19. The van der Waals surface area contributed by atoms with Crippen LogP contribution in [0.15, 0.2) is 0 Å². The van der Waals surface area contributed by atoms with E-state index in [0.717, 1.165) is 26.2 Å². The lowest BCUT2D eigenvalue weighted by Crippen LogP contribution is -2.27. The van der Waals surface area contributed by atoms with Crippen molar-refractivity contribution in [2.24, 2.45) is 0 Å².